The number of nitrogens with zero attached hydrogens (tertiary/aromatic N) is 1. The minimum Gasteiger partial charge on any atom is -0.306 e. The van der Waals surface area contributed by atoms with Gasteiger partial charge in [0.25, 0.3) is 0 Å². The lowest BCUT2D eigenvalue weighted by molar-refractivity contribution is 0.293. The highest BCUT2D eigenvalue weighted by Gasteiger charge is 2.11. The lowest BCUT2D eigenvalue weighted by Crippen LogP contribution is -2.28. The second-order valence-corrected chi connectivity index (χ2v) is 2.76. The van der Waals surface area contributed by atoms with Gasteiger partial charge in [0.1, 0.15) is 0 Å². The van der Waals surface area contributed by atoms with Gasteiger partial charge in [0.05, 0.1) is 0 Å². The Hall–Kier alpha value is -0.0400. The molecule has 0 atom stereocenters. The van der Waals surface area contributed by atoms with Crippen molar-refractivity contribution in [3.05, 3.63) is 5.92 Å². The van der Waals surface area contributed by atoms with Gasteiger partial charge in [0.15, 0.2) is 0 Å². The number of rotatable bonds is 0. The normalized spacial score (nSPS) is 26.2. The predicted molar refractivity (Wildman–Crippen MR) is 35.6 cm³/mol. The van der Waals surface area contributed by atoms with Crippen LogP contribution >= 0.6 is 0 Å². The van der Waals surface area contributed by atoms with Gasteiger partial charge in [-0.05, 0) is 38.9 Å². The molecule has 1 heteroatoms. The maximum Gasteiger partial charge on any atom is -0.00164 e. The van der Waals surface area contributed by atoms with Crippen molar-refractivity contribution in [1.82, 2.24) is 4.90 Å². The smallest absolute Gasteiger partial charge is 0.00164 e. The van der Waals surface area contributed by atoms with E-state index in [9.17, 15) is 0 Å². The van der Waals surface area contributed by atoms with Crippen LogP contribution in [-0.4, -0.2) is 25.0 Å². The molecule has 0 aromatic rings. The first-order valence-electron chi connectivity index (χ1n) is 3.29. The van der Waals surface area contributed by atoms with Crippen LogP contribution in [0.4, 0.5) is 0 Å². The molecule has 1 fully saturated rings. The summed E-state index contributed by atoms with van der Waals surface area (Å²) in [6, 6.07) is 0. The first-order chi connectivity index (χ1) is 3.79. The third kappa shape index (κ3) is 1.48. The Kier molecular flexibility index (Phi) is 1.90. The third-order valence-electron chi connectivity index (χ3n) is 1.84. The topological polar surface area (TPSA) is 3.24 Å². The summed E-state index contributed by atoms with van der Waals surface area (Å²) >= 11 is 0. The molecular weight excluding hydrogens is 98.1 g/mol. The Morgan fingerprint density at radius 2 is 1.75 bits per heavy atom. The standard InChI is InChI=1S/C7H14N/c1-7-3-5-8(2)6-4-7/h3-6H2,1-2H3. The van der Waals surface area contributed by atoms with Gasteiger partial charge in [-0.1, -0.05) is 6.92 Å². The van der Waals surface area contributed by atoms with Gasteiger partial charge in [-0.2, -0.15) is 0 Å². The van der Waals surface area contributed by atoms with E-state index in [1.165, 1.54) is 25.9 Å². The minimum atomic E-state index is 1.27. The molecule has 0 spiro atoms. The van der Waals surface area contributed by atoms with Crippen molar-refractivity contribution in [2.45, 2.75) is 19.8 Å². The van der Waals surface area contributed by atoms with Gasteiger partial charge in [0, 0.05) is 0 Å². The SMILES string of the molecule is C[C]1CCN(C)CC1. The Bertz CT molecular complexity index is 52.8. The highest BCUT2D eigenvalue weighted by atomic mass is 15.1. The first-order valence-corrected chi connectivity index (χ1v) is 3.29. The minimum absolute atomic E-state index is 1.27. The zero-order valence-electron chi connectivity index (χ0n) is 5.78. The summed E-state index contributed by atoms with van der Waals surface area (Å²) in [5.41, 5.74) is 0. The molecule has 1 saturated heterocycles. The highest BCUT2D eigenvalue weighted by Crippen LogP contribution is 2.15. The number of piperidine rings is 1. The van der Waals surface area contributed by atoms with E-state index in [0.29, 0.717) is 0 Å². The monoisotopic (exact) mass is 112 g/mol. The van der Waals surface area contributed by atoms with E-state index in [2.05, 4.69) is 18.9 Å². The van der Waals surface area contributed by atoms with Gasteiger partial charge in [-0.3, -0.25) is 0 Å². The van der Waals surface area contributed by atoms with Crippen LogP contribution in [0.25, 0.3) is 0 Å². The number of hydrogen-bond donors (Lipinski definition) is 0. The summed E-state index contributed by atoms with van der Waals surface area (Å²) in [5, 5.41) is 0. The molecular formula is C7H14N. The van der Waals surface area contributed by atoms with E-state index in [-0.39, 0.29) is 0 Å². The first kappa shape index (κ1) is 6.09. The summed E-state index contributed by atoms with van der Waals surface area (Å²) in [7, 11) is 2.19. The Labute approximate surface area is 51.7 Å². The van der Waals surface area contributed by atoms with Gasteiger partial charge >= 0.3 is 0 Å². The largest absolute Gasteiger partial charge is 0.306 e. The quantitative estimate of drug-likeness (QED) is 0.456. The molecule has 0 amide bonds. The second-order valence-electron chi connectivity index (χ2n) is 2.76. The fraction of sp³-hybridized carbons (Fsp3) is 0.857. The molecule has 0 bridgehead atoms. The summed E-state index contributed by atoms with van der Waals surface area (Å²) in [6.45, 7) is 4.80. The Morgan fingerprint density at radius 1 is 1.25 bits per heavy atom. The average Bonchev–Trinajstić information content (AvgIpc) is 1.77. The maximum absolute atomic E-state index is 2.38. The molecule has 47 valence electrons. The Morgan fingerprint density at radius 3 is 2.12 bits per heavy atom. The molecule has 1 aliphatic heterocycles. The van der Waals surface area contributed by atoms with Gasteiger partial charge in [0.2, 0.25) is 0 Å². The van der Waals surface area contributed by atoms with E-state index < -0.39 is 0 Å². The predicted octanol–water partition coefficient (Wildman–Crippen LogP) is 1.31. The number of likely N-dealkylation sites (tertiary alicyclic amines) is 1. The highest BCUT2D eigenvalue weighted by molar-refractivity contribution is 4.89. The van der Waals surface area contributed by atoms with Crippen LogP contribution in [0.5, 0.6) is 0 Å². The zero-order valence-corrected chi connectivity index (χ0v) is 5.78. The van der Waals surface area contributed by atoms with Crippen molar-refractivity contribution in [3.63, 3.8) is 0 Å². The van der Waals surface area contributed by atoms with E-state index in [0.717, 1.165) is 0 Å². The number of hydrogen-bond acceptors (Lipinski definition) is 1. The van der Waals surface area contributed by atoms with Crippen molar-refractivity contribution in [2.24, 2.45) is 0 Å². The zero-order chi connectivity index (χ0) is 5.98. The second kappa shape index (κ2) is 2.49. The van der Waals surface area contributed by atoms with E-state index in [4.69, 9.17) is 0 Å². The summed E-state index contributed by atoms with van der Waals surface area (Å²) in [4.78, 5) is 2.38. The van der Waals surface area contributed by atoms with Crippen LogP contribution in [0.15, 0.2) is 0 Å². The molecule has 1 aliphatic rings. The summed E-state index contributed by atoms with van der Waals surface area (Å²) in [6.07, 6.45) is 2.63. The molecule has 0 aromatic carbocycles. The molecule has 0 saturated carbocycles. The van der Waals surface area contributed by atoms with Crippen molar-refractivity contribution in [3.8, 4) is 0 Å². The molecule has 1 radical (unpaired) electrons. The molecule has 0 N–H and O–H groups in total. The van der Waals surface area contributed by atoms with Crippen LogP contribution in [0.1, 0.15) is 19.8 Å². The van der Waals surface area contributed by atoms with Crippen LogP contribution in [-0.2, 0) is 0 Å². The van der Waals surface area contributed by atoms with Gasteiger partial charge < -0.3 is 4.90 Å². The van der Waals surface area contributed by atoms with Crippen molar-refractivity contribution in [1.29, 1.82) is 0 Å². The van der Waals surface area contributed by atoms with Crippen LogP contribution in [0, 0.1) is 5.92 Å². The van der Waals surface area contributed by atoms with Crippen LogP contribution in [0.3, 0.4) is 0 Å². The molecule has 1 heterocycles. The summed E-state index contributed by atoms with van der Waals surface area (Å²) in [5.74, 6) is 1.67. The van der Waals surface area contributed by atoms with Crippen molar-refractivity contribution >= 4 is 0 Å². The molecule has 0 unspecified atom stereocenters. The van der Waals surface area contributed by atoms with E-state index >= 15 is 0 Å². The molecule has 1 rings (SSSR count). The molecule has 1 nitrogen and oxygen atoms in total. The van der Waals surface area contributed by atoms with Gasteiger partial charge in [-0.25, -0.2) is 0 Å². The lowest BCUT2D eigenvalue weighted by Gasteiger charge is -2.25. The van der Waals surface area contributed by atoms with Gasteiger partial charge in [-0.15, -0.1) is 0 Å². The van der Waals surface area contributed by atoms with E-state index in [1.54, 1.807) is 5.92 Å². The fourth-order valence-electron chi connectivity index (χ4n) is 1.00. The summed E-state index contributed by atoms with van der Waals surface area (Å²) < 4.78 is 0. The maximum atomic E-state index is 2.38. The van der Waals surface area contributed by atoms with Crippen LogP contribution in [0.2, 0.25) is 0 Å². The lowest BCUT2D eigenvalue weighted by atomic mass is 10.00. The molecule has 0 aromatic heterocycles. The fourth-order valence-corrected chi connectivity index (χ4v) is 1.00. The third-order valence-corrected chi connectivity index (χ3v) is 1.84. The van der Waals surface area contributed by atoms with Crippen molar-refractivity contribution < 1.29 is 0 Å². The van der Waals surface area contributed by atoms with Crippen molar-refractivity contribution in [2.75, 3.05) is 20.1 Å². The van der Waals surface area contributed by atoms with Crippen LogP contribution < -0.4 is 0 Å². The van der Waals surface area contributed by atoms with E-state index in [1.807, 2.05) is 0 Å². The molecule has 0 aliphatic carbocycles. The molecule has 8 heavy (non-hydrogen) atoms. The average molecular weight is 112 g/mol. The Balaban J connectivity index is 2.19.